The highest BCUT2D eigenvalue weighted by Gasteiger charge is 2.36. The first-order valence-electron chi connectivity index (χ1n) is 5.95. The van der Waals surface area contributed by atoms with Crippen molar-refractivity contribution in [2.45, 2.75) is 38.9 Å². The second-order valence-corrected chi connectivity index (χ2v) is 5.31. The van der Waals surface area contributed by atoms with E-state index in [0.29, 0.717) is 6.42 Å². The van der Waals surface area contributed by atoms with Gasteiger partial charge in [-0.25, -0.2) is 4.39 Å². The van der Waals surface area contributed by atoms with Crippen LogP contribution in [0.1, 0.15) is 43.9 Å². The molecule has 0 saturated heterocycles. The fraction of sp³-hybridized carbons (Fsp3) is 0.538. The summed E-state index contributed by atoms with van der Waals surface area (Å²) in [6, 6.07) is 0.659. The van der Waals surface area contributed by atoms with Crippen LogP contribution in [-0.2, 0) is 6.18 Å². The molecule has 0 bridgehead atoms. The summed E-state index contributed by atoms with van der Waals surface area (Å²) < 4.78 is 52.4. The zero-order chi connectivity index (χ0) is 14.8. The van der Waals surface area contributed by atoms with Gasteiger partial charge in [0.25, 0.3) is 0 Å². The zero-order valence-corrected chi connectivity index (χ0v) is 11.4. The van der Waals surface area contributed by atoms with E-state index in [2.05, 4.69) is 0 Å². The summed E-state index contributed by atoms with van der Waals surface area (Å²) >= 11 is 5.54. The van der Waals surface area contributed by atoms with Crippen LogP contribution in [0.15, 0.2) is 12.1 Å². The first-order valence-corrected chi connectivity index (χ1v) is 6.33. The van der Waals surface area contributed by atoms with E-state index in [1.54, 1.807) is 0 Å². The Morgan fingerprint density at radius 2 is 1.79 bits per heavy atom. The van der Waals surface area contributed by atoms with Gasteiger partial charge in [-0.1, -0.05) is 25.4 Å². The van der Waals surface area contributed by atoms with Crippen molar-refractivity contribution in [3.8, 4) is 0 Å². The van der Waals surface area contributed by atoms with Crippen molar-refractivity contribution in [3.05, 3.63) is 34.1 Å². The lowest BCUT2D eigenvalue weighted by molar-refractivity contribution is -0.138. The third-order valence-electron chi connectivity index (χ3n) is 2.86. The Kier molecular flexibility index (Phi) is 5.21. The molecule has 0 saturated carbocycles. The Hall–Kier alpha value is -0.810. The summed E-state index contributed by atoms with van der Waals surface area (Å²) in [5.41, 5.74) is 4.12. The normalized spacial score (nSPS) is 13.9. The van der Waals surface area contributed by atoms with Gasteiger partial charge < -0.3 is 5.73 Å². The molecule has 0 heterocycles. The van der Waals surface area contributed by atoms with Crippen molar-refractivity contribution in [2.24, 2.45) is 11.7 Å². The van der Waals surface area contributed by atoms with Crippen molar-refractivity contribution in [2.75, 3.05) is 0 Å². The molecule has 0 aliphatic carbocycles. The summed E-state index contributed by atoms with van der Waals surface area (Å²) in [5.74, 6) is -0.796. The van der Waals surface area contributed by atoms with Gasteiger partial charge in [-0.05, 0) is 30.9 Å². The molecule has 2 N–H and O–H groups in total. The van der Waals surface area contributed by atoms with Gasteiger partial charge in [-0.15, -0.1) is 0 Å². The average Bonchev–Trinajstić information content (AvgIpc) is 2.27. The number of hydrogen-bond donors (Lipinski definition) is 1. The summed E-state index contributed by atoms with van der Waals surface area (Å²) in [6.07, 6.45) is -3.75. The minimum absolute atomic E-state index is 0.276. The number of rotatable bonds is 4. The van der Waals surface area contributed by atoms with Gasteiger partial charge in [0.05, 0.1) is 10.6 Å². The molecular formula is C13H16ClF4N. The third-order valence-corrected chi connectivity index (χ3v) is 3.16. The van der Waals surface area contributed by atoms with Crippen LogP contribution < -0.4 is 5.73 Å². The molecule has 0 unspecified atom stereocenters. The van der Waals surface area contributed by atoms with Crippen LogP contribution in [0.4, 0.5) is 17.6 Å². The third kappa shape index (κ3) is 4.08. The number of halogens is 5. The predicted molar refractivity (Wildman–Crippen MR) is 67.4 cm³/mol. The number of alkyl halides is 3. The van der Waals surface area contributed by atoms with Gasteiger partial charge in [-0.2, -0.15) is 13.2 Å². The lowest BCUT2D eigenvalue weighted by Crippen LogP contribution is -2.20. The monoisotopic (exact) mass is 297 g/mol. The minimum Gasteiger partial charge on any atom is -0.324 e. The molecule has 0 spiro atoms. The van der Waals surface area contributed by atoms with E-state index in [1.165, 1.54) is 0 Å². The minimum atomic E-state index is -4.64. The molecule has 108 valence electrons. The molecule has 0 amide bonds. The van der Waals surface area contributed by atoms with E-state index in [9.17, 15) is 17.6 Å². The maximum absolute atomic E-state index is 13.9. The van der Waals surface area contributed by atoms with Crippen molar-refractivity contribution < 1.29 is 17.6 Å². The van der Waals surface area contributed by atoms with Gasteiger partial charge in [0.15, 0.2) is 0 Å². The summed E-state index contributed by atoms with van der Waals surface area (Å²) in [5, 5.41) is -0.344. The van der Waals surface area contributed by atoms with Crippen molar-refractivity contribution in [1.29, 1.82) is 0 Å². The van der Waals surface area contributed by atoms with Gasteiger partial charge in [0.1, 0.15) is 5.82 Å². The number of benzene rings is 1. The Morgan fingerprint density at radius 1 is 1.21 bits per heavy atom. The molecule has 0 radical (unpaired) electrons. The molecule has 19 heavy (non-hydrogen) atoms. The predicted octanol–water partition coefficient (Wildman–Crippen LogP) is 4.93. The maximum atomic E-state index is 13.9. The van der Waals surface area contributed by atoms with Crippen LogP contribution >= 0.6 is 11.6 Å². The standard InChI is InChI=1S/C13H16ClF4N/c1-7(2)3-6-10(19)11-8(13(16,17)18)4-5-9(14)12(11)15/h4-5,7,10H,3,6,19H2,1-2H3/t10-/m1/s1. The number of nitrogens with two attached hydrogens (primary N) is 1. The summed E-state index contributed by atoms with van der Waals surface area (Å²) in [4.78, 5) is 0. The lowest BCUT2D eigenvalue weighted by atomic mass is 9.94. The van der Waals surface area contributed by atoms with Gasteiger partial charge in [0, 0.05) is 11.6 Å². The van der Waals surface area contributed by atoms with Crippen LogP contribution in [0, 0.1) is 11.7 Å². The highest BCUT2D eigenvalue weighted by Crippen LogP contribution is 2.38. The van der Waals surface area contributed by atoms with Crippen LogP contribution in [0.3, 0.4) is 0 Å². The fourth-order valence-electron chi connectivity index (χ4n) is 1.83. The highest BCUT2D eigenvalue weighted by atomic mass is 35.5. The van der Waals surface area contributed by atoms with Gasteiger partial charge in [-0.3, -0.25) is 0 Å². The fourth-order valence-corrected chi connectivity index (χ4v) is 2.00. The molecule has 0 aliphatic heterocycles. The molecule has 1 rings (SSSR count). The van der Waals surface area contributed by atoms with Crippen LogP contribution in [-0.4, -0.2) is 0 Å². The van der Waals surface area contributed by atoms with E-state index in [-0.39, 0.29) is 17.4 Å². The first-order chi connectivity index (χ1) is 8.64. The largest absolute Gasteiger partial charge is 0.416 e. The van der Waals surface area contributed by atoms with Crippen molar-refractivity contribution >= 4 is 11.6 Å². The molecule has 6 heteroatoms. The molecule has 1 nitrogen and oxygen atoms in total. The molecule has 0 aromatic heterocycles. The Labute approximate surface area is 114 Å². The SMILES string of the molecule is CC(C)CC[C@@H](N)c1c(C(F)(F)F)ccc(Cl)c1F. The van der Waals surface area contributed by atoms with Gasteiger partial charge in [0.2, 0.25) is 0 Å². The van der Waals surface area contributed by atoms with Crippen LogP contribution in [0.25, 0.3) is 0 Å². The summed E-state index contributed by atoms with van der Waals surface area (Å²) in [6.45, 7) is 3.84. The van der Waals surface area contributed by atoms with E-state index in [0.717, 1.165) is 12.1 Å². The molecule has 1 atom stereocenters. The molecule has 0 aliphatic rings. The molecule has 1 aromatic rings. The second-order valence-electron chi connectivity index (χ2n) is 4.90. The summed E-state index contributed by atoms with van der Waals surface area (Å²) in [7, 11) is 0. The first kappa shape index (κ1) is 16.2. The lowest BCUT2D eigenvalue weighted by Gasteiger charge is -2.20. The molecule has 0 fully saturated rings. The zero-order valence-electron chi connectivity index (χ0n) is 10.7. The second kappa shape index (κ2) is 6.09. The van der Waals surface area contributed by atoms with E-state index < -0.39 is 29.2 Å². The smallest absolute Gasteiger partial charge is 0.324 e. The van der Waals surface area contributed by atoms with Crippen LogP contribution in [0.5, 0.6) is 0 Å². The van der Waals surface area contributed by atoms with E-state index in [1.807, 2.05) is 13.8 Å². The Morgan fingerprint density at radius 3 is 2.26 bits per heavy atom. The number of hydrogen-bond acceptors (Lipinski definition) is 1. The molecular weight excluding hydrogens is 282 g/mol. The molecule has 1 aromatic carbocycles. The topological polar surface area (TPSA) is 26.0 Å². The van der Waals surface area contributed by atoms with Crippen molar-refractivity contribution in [3.63, 3.8) is 0 Å². The van der Waals surface area contributed by atoms with E-state index in [4.69, 9.17) is 17.3 Å². The average molecular weight is 298 g/mol. The van der Waals surface area contributed by atoms with Gasteiger partial charge >= 0.3 is 6.18 Å². The maximum Gasteiger partial charge on any atom is 0.416 e. The van der Waals surface area contributed by atoms with Crippen LogP contribution in [0.2, 0.25) is 5.02 Å². The highest BCUT2D eigenvalue weighted by molar-refractivity contribution is 6.30. The Balaban J connectivity index is 3.19. The van der Waals surface area contributed by atoms with Crippen molar-refractivity contribution in [1.82, 2.24) is 0 Å². The quantitative estimate of drug-likeness (QED) is 0.783. The Bertz CT molecular complexity index is 443. The van der Waals surface area contributed by atoms with E-state index >= 15 is 0 Å².